The van der Waals surface area contributed by atoms with Gasteiger partial charge in [0.25, 0.3) is 0 Å². The molecule has 1 aromatic heterocycles. The number of hydrogen-bond acceptors (Lipinski definition) is 3. The summed E-state index contributed by atoms with van der Waals surface area (Å²) < 4.78 is 0. The third-order valence-corrected chi connectivity index (χ3v) is 1.78. The molecule has 1 rings (SSSR count). The molecule has 0 bridgehead atoms. The van der Waals surface area contributed by atoms with Crippen molar-refractivity contribution >= 4 is 23.2 Å². The van der Waals surface area contributed by atoms with Crippen LogP contribution in [0.2, 0.25) is 10.3 Å². The molecule has 0 aromatic carbocycles. The molecule has 0 saturated carbocycles. The summed E-state index contributed by atoms with van der Waals surface area (Å²) in [4.78, 5) is 3.73. The maximum Gasteiger partial charge on any atom is 0.131 e. The molecule has 12 heavy (non-hydrogen) atoms. The van der Waals surface area contributed by atoms with E-state index in [2.05, 4.69) is 4.98 Å². The van der Waals surface area contributed by atoms with Crippen LogP contribution in [0.1, 0.15) is 11.7 Å². The molecule has 0 fully saturated rings. The van der Waals surface area contributed by atoms with Crippen LogP contribution in [0.5, 0.6) is 0 Å². The number of aliphatic hydroxyl groups is 1. The van der Waals surface area contributed by atoms with E-state index in [-0.39, 0.29) is 16.9 Å². The van der Waals surface area contributed by atoms with Crippen LogP contribution in [-0.4, -0.2) is 16.6 Å². The standard InChI is InChI=1S/C7H8Cl2N2O/c8-6-1-4(5(12)3-10)2-7(9)11-6/h1-2,5,12H,3,10H2. The molecule has 3 nitrogen and oxygen atoms in total. The first-order valence-corrected chi connectivity index (χ1v) is 4.10. The minimum absolute atomic E-state index is 0.136. The molecule has 1 heterocycles. The van der Waals surface area contributed by atoms with E-state index in [0.717, 1.165) is 0 Å². The normalized spacial score (nSPS) is 13.0. The molecule has 0 saturated heterocycles. The third-order valence-electron chi connectivity index (χ3n) is 1.39. The largest absolute Gasteiger partial charge is 0.387 e. The SMILES string of the molecule is NCC(O)c1cc(Cl)nc(Cl)c1. The van der Waals surface area contributed by atoms with Gasteiger partial charge in [-0.25, -0.2) is 4.98 Å². The second-order valence-corrected chi connectivity index (χ2v) is 3.07. The predicted octanol–water partition coefficient (Wildman–Crippen LogP) is 1.38. The zero-order valence-electron chi connectivity index (χ0n) is 6.17. The van der Waals surface area contributed by atoms with Gasteiger partial charge < -0.3 is 10.8 Å². The number of nitrogens with zero attached hydrogens (tertiary/aromatic N) is 1. The van der Waals surface area contributed by atoms with Gasteiger partial charge >= 0.3 is 0 Å². The molecule has 0 aliphatic heterocycles. The number of nitrogens with two attached hydrogens (primary N) is 1. The summed E-state index contributed by atoms with van der Waals surface area (Å²) in [5, 5.41) is 9.82. The average molecular weight is 207 g/mol. The summed E-state index contributed by atoms with van der Waals surface area (Å²) >= 11 is 11.2. The van der Waals surface area contributed by atoms with Crippen LogP contribution in [0.25, 0.3) is 0 Å². The van der Waals surface area contributed by atoms with Crippen molar-refractivity contribution in [2.45, 2.75) is 6.10 Å². The molecule has 0 aliphatic rings. The fraction of sp³-hybridized carbons (Fsp3) is 0.286. The first-order chi connectivity index (χ1) is 5.63. The zero-order chi connectivity index (χ0) is 9.14. The molecule has 0 amide bonds. The lowest BCUT2D eigenvalue weighted by Gasteiger charge is -2.07. The molecule has 3 N–H and O–H groups in total. The Balaban J connectivity index is 3.00. The monoisotopic (exact) mass is 206 g/mol. The molecule has 66 valence electrons. The van der Waals surface area contributed by atoms with Gasteiger partial charge in [-0.2, -0.15) is 0 Å². The van der Waals surface area contributed by atoms with Crippen LogP contribution in [0.4, 0.5) is 0 Å². The highest BCUT2D eigenvalue weighted by Gasteiger charge is 2.07. The van der Waals surface area contributed by atoms with E-state index < -0.39 is 6.10 Å². The van der Waals surface area contributed by atoms with E-state index in [4.69, 9.17) is 28.9 Å². The van der Waals surface area contributed by atoms with Gasteiger partial charge in [0.05, 0.1) is 6.10 Å². The fourth-order valence-electron chi connectivity index (χ4n) is 0.812. The third kappa shape index (κ3) is 2.32. The number of halogens is 2. The number of rotatable bonds is 2. The summed E-state index contributed by atoms with van der Waals surface area (Å²) in [5.41, 5.74) is 5.83. The Kier molecular flexibility index (Phi) is 3.29. The number of aliphatic hydroxyl groups excluding tert-OH is 1. The topological polar surface area (TPSA) is 59.1 Å². The quantitative estimate of drug-likeness (QED) is 0.720. The Morgan fingerprint density at radius 3 is 2.33 bits per heavy atom. The minimum atomic E-state index is -0.733. The lowest BCUT2D eigenvalue weighted by atomic mass is 10.1. The van der Waals surface area contributed by atoms with Gasteiger partial charge in [0.15, 0.2) is 0 Å². The van der Waals surface area contributed by atoms with Crippen LogP contribution >= 0.6 is 23.2 Å². The number of aromatic nitrogens is 1. The van der Waals surface area contributed by atoms with Crippen LogP contribution in [0.15, 0.2) is 12.1 Å². The summed E-state index contributed by atoms with van der Waals surface area (Å²) in [6.07, 6.45) is -0.733. The van der Waals surface area contributed by atoms with Crippen LogP contribution in [0, 0.1) is 0 Å². The average Bonchev–Trinajstić information content (AvgIpc) is 2.01. The molecular weight excluding hydrogens is 199 g/mol. The van der Waals surface area contributed by atoms with Crippen molar-refractivity contribution in [3.05, 3.63) is 28.0 Å². The Morgan fingerprint density at radius 2 is 1.92 bits per heavy atom. The maximum absolute atomic E-state index is 9.31. The lowest BCUT2D eigenvalue weighted by Crippen LogP contribution is -2.11. The molecule has 5 heteroatoms. The Labute approximate surface area is 80.1 Å². The zero-order valence-corrected chi connectivity index (χ0v) is 7.68. The molecule has 1 unspecified atom stereocenters. The smallest absolute Gasteiger partial charge is 0.131 e. The van der Waals surface area contributed by atoms with Gasteiger partial charge in [-0.1, -0.05) is 23.2 Å². The van der Waals surface area contributed by atoms with Crippen LogP contribution in [-0.2, 0) is 0 Å². The predicted molar refractivity (Wildman–Crippen MR) is 48.3 cm³/mol. The summed E-state index contributed by atoms with van der Waals surface area (Å²) in [5.74, 6) is 0. The van der Waals surface area contributed by atoms with E-state index in [1.165, 1.54) is 12.1 Å². The fourth-order valence-corrected chi connectivity index (χ4v) is 1.29. The van der Waals surface area contributed by atoms with E-state index in [9.17, 15) is 5.11 Å². The Hall–Kier alpha value is -0.350. The molecular formula is C7H8Cl2N2O. The van der Waals surface area contributed by atoms with Crippen LogP contribution in [0.3, 0.4) is 0 Å². The van der Waals surface area contributed by atoms with Crippen LogP contribution < -0.4 is 5.73 Å². The van der Waals surface area contributed by atoms with Crippen molar-refractivity contribution in [2.24, 2.45) is 5.73 Å². The minimum Gasteiger partial charge on any atom is -0.387 e. The highest BCUT2D eigenvalue weighted by atomic mass is 35.5. The summed E-state index contributed by atoms with van der Waals surface area (Å²) in [6.45, 7) is 0.136. The highest BCUT2D eigenvalue weighted by Crippen LogP contribution is 2.19. The molecule has 1 atom stereocenters. The van der Waals surface area contributed by atoms with Crippen molar-refractivity contribution in [3.63, 3.8) is 0 Å². The van der Waals surface area contributed by atoms with E-state index in [1.54, 1.807) is 0 Å². The van der Waals surface area contributed by atoms with Gasteiger partial charge in [-0.05, 0) is 17.7 Å². The van der Waals surface area contributed by atoms with Crippen molar-refractivity contribution in [1.82, 2.24) is 4.98 Å². The Bertz CT molecular complexity index is 260. The molecule has 0 radical (unpaired) electrons. The molecule has 1 aromatic rings. The van der Waals surface area contributed by atoms with E-state index in [0.29, 0.717) is 5.56 Å². The van der Waals surface area contributed by atoms with Crippen molar-refractivity contribution in [3.8, 4) is 0 Å². The van der Waals surface area contributed by atoms with Crippen molar-refractivity contribution in [2.75, 3.05) is 6.54 Å². The van der Waals surface area contributed by atoms with E-state index >= 15 is 0 Å². The van der Waals surface area contributed by atoms with Crippen molar-refractivity contribution < 1.29 is 5.11 Å². The molecule has 0 spiro atoms. The van der Waals surface area contributed by atoms with Crippen molar-refractivity contribution in [1.29, 1.82) is 0 Å². The summed E-state index contributed by atoms with van der Waals surface area (Å²) in [6, 6.07) is 3.07. The van der Waals surface area contributed by atoms with E-state index in [1.807, 2.05) is 0 Å². The van der Waals surface area contributed by atoms with Gasteiger partial charge in [0.2, 0.25) is 0 Å². The second kappa shape index (κ2) is 4.05. The van der Waals surface area contributed by atoms with Gasteiger partial charge in [0.1, 0.15) is 10.3 Å². The number of pyridine rings is 1. The van der Waals surface area contributed by atoms with Gasteiger partial charge in [-0.15, -0.1) is 0 Å². The maximum atomic E-state index is 9.31. The summed E-state index contributed by atoms with van der Waals surface area (Å²) in [7, 11) is 0. The second-order valence-electron chi connectivity index (χ2n) is 2.30. The first kappa shape index (κ1) is 9.74. The first-order valence-electron chi connectivity index (χ1n) is 3.34. The molecule has 0 aliphatic carbocycles. The van der Waals surface area contributed by atoms with Gasteiger partial charge in [0, 0.05) is 6.54 Å². The number of hydrogen-bond donors (Lipinski definition) is 2. The van der Waals surface area contributed by atoms with Gasteiger partial charge in [-0.3, -0.25) is 0 Å². The lowest BCUT2D eigenvalue weighted by molar-refractivity contribution is 0.186. The highest BCUT2D eigenvalue weighted by molar-refractivity contribution is 6.32. The Morgan fingerprint density at radius 1 is 1.42 bits per heavy atom.